The van der Waals surface area contributed by atoms with Crippen molar-refractivity contribution in [2.45, 2.75) is 12.8 Å². The fourth-order valence-corrected chi connectivity index (χ4v) is 2.59. The molecule has 1 aromatic carbocycles. The molecule has 0 bridgehead atoms. The Morgan fingerprint density at radius 3 is 3.00 bits per heavy atom. The molecule has 1 aliphatic rings. The van der Waals surface area contributed by atoms with E-state index in [1.807, 2.05) is 4.90 Å². The molecular formula is C13H19N3O3. The minimum atomic E-state index is -0.375. The van der Waals surface area contributed by atoms with Gasteiger partial charge in [0, 0.05) is 13.1 Å². The van der Waals surface area contributed by atoms with Gasteiger partial charge in [0.1, 0.15) is 5.69 Å². The lowest BCUT2D eigenvalue weighted by Gasteiger charge is -2.33. The molecule has 2 rings (SSSR count). The van der Waals surface area contributed by atoms with E-state index in [4.69, 9.17) is 10.5 Å². The second-order valence-corrected chi connectivity index (χ2v) is 4.78. The highest BCUT2D eigenvalue weighted by atomic mass is 16.6. The Morgan fingerprint density at radius 2 is 2.37 bits per heavy atom. The zero-order valence-corrected chi connectivity index (χ0v) is 11.0. The lowest BCUT2D eigenvalue weighted by molar-refractivity contribution is -0.385. The first-order chi connectivity index (χ1) is 9.17. The smallest absolute Gasteiger partial charge is 0.333 e. The summed E-state index contributed by atoms with van der Waals surface area (Å²) in [6.07, 6.45) is 2.10. The molecule has 19 heavy (non-hydrogen) atoms. The summed E-state index contributed by atoms with van der Waals surface area (Å²) in [7, 11) is 1.45. The third-order valence-corrected chi connectivity index (χ3v) is 3.57. The van der Waals surface area contributed by atoms with Crippen molar-refractivity contribution in [3.8, 4) is 5.75 Å². The van der Waals surface area contributed by atoms with Crippen LogP contribution in [0.1, 0.15) is 12.8 Å². The number of ether oxygens (including phenoxy) is 1. The number of benzene rings is 1. The average Bonchev–Trinajstić information content (AvgIpc) is 2.46. The standard InChI is InChI=1S/C13H19N3O3/c1-19-12-6-2-5-11(13(12)16(17)18)15-7-3-4-10(8-14)9-15/h2,5-6,10H,3-4,7-9,14H2,1H3. The number of nitro groups is 1. The van der Waals surface area contributed by atoms with Gasteiger partial charge in [0.25, 0.3) is 0 Å². The summed E-state index contributed by atoms with van der Waals surface area (Å²) in [4.78, 5) is 12.9. The molecule has 1 saturated heterocycles. The lowest BCUT2D eigenvalue weighted by Crippen LogP contribution is -2.38. The maximum Gasteiger partial charge on any atom is 0.333 e. The lowest BCUT2D eigenvalue weighted by atomic mass is 9.97. The van der Waals surface area contributed by atoms with Crippen LogP contribution < -0.4 is 15.4 Å². The fraction of sp³-hybridized carbons (Fsp3) is 0.538. The second kappa shape index (κ2) is 5.88. The van der Waals surface area contributed by atoms with Crippen molar-refractivity contribution in [1.82, 2.24) is 0 Å². The molecule has 1 atom stereocenters. The summed E-state index contributed by atoms with van der Waals surface area (Å²) >= 11 is 0. The average molecular weight is 265 g/mol. The molecule has 0 radical (unpaired) electrons. The van der Waals surface area contributed by atoms with Crippen LogP contribution in [0.25, 0.3) is 0 Å². The summed E-state index contributed by atoms with van der Waals surface area (Å²) in [5, 5.41) is 11.3. The Morgan fingerprint density at radius 1 is 1.58 bits per heavy atom. The minimum absolute atomic E-state index is 0.0441. The number of hydrogen-bond acceptors (Lipinski definition) is 5. The zero-order chi connectivity index (χ0) is 13.8. The van der Waals surface area contributed by atoms with E-state index < -0.39 is 0 Å². The van der Waals surface area contributed by atoms with Crippen LogP contribution in [0, 0.1) is 16.0 Å². The Balaban J connectivity index is 2.35. The van der Waals surface area contributed by atoms with Gasteiger partial charge in [0.2, 0.25) is 0 Å². The number of piperidine rings is 1. The summed E-state index contributed by atoms with van der Waals surface area (Å²) < 4.78 is 5.10. The van der Waals surface area contributed by atoms with Crippen LogP contribution in [0.5, 0.6) is 5.75 Å². The normalized spacial score (nSPS) is 19.3. The molecule has 6 heteroatoms. The van der Waals surface area contributed by atoms with Crippen LogP contribution in [0.2, 0.25) is 0 Å². The Kier molecular flexibility index (Phi) is 4.21. The second-order valence-electron chi connectivity index (χ2n) is 4.78. The molecule has 1 aromatic rings. The number of nitrogens with zero attached hydrogens (tertiary/aromatic N) is 2. The van der Waals surface area contributed by atoms with Crippen molar-refractivity contribution >= 4 is 11.4 Å². The van der Waals surface area contributed by atoms with Crippen LogP contribution in [0.15, 0.2) is 18.2 Å². The quantitative estimate of drug-likeness (QED) is 0.663. The van der Waals surface area contributed by atoms with E-state index in [0.29, 0.717) is 23.9 Å². The highest BCUT2D eigenvalue weighted by molar-refractivity contribution is 5.70. The van der Waals surface area contributed by atoms with Gasteiger partial charge in [-0.05, 0) is 37.4 Å². The highest BCUT2D eigenvalue weighted by Gasteiger charge is 2.27. The van der Waals surface area contributed by atoms with Gasteiger partial charge in [-0.15, -0.1) is 0 Å². The maximum atomic E-state index is 11.3. The molecule has 0 aromatic heterocycles. The molecule has 1 aliphatic heterocycles. The number of hydrogen-bond donors (Lipinski definition) is 1. The van der Waals surface area contributed by atoms with Gasteiger partial charge in [0.15, 0.2) is 5.75 Å². The molecule has 1 heterocycles. The number of para-hydroxylation sites is 1. The van der Waals surface area contributed by atoms with Crippen LogP contribution in [-0.2, 0) is 0 Å². The van der Waals surface area contributed by atoms with Crippen molar-refractivity contribution in [3.05, 3.63) is 28.3 Å². The first-order valence-corrected chi connectivity index (χ1v) is 6.43. The fourth-order valence-electron chi connectivity index (χ4n) is 2.59. The van der Waals surface area contributed by atoms with E-state index in [2.05, 4.69) is 0 Å². The maximum absolute atomic E-state index is 11.3. The predicted octanol–water partition coefficient (Wildman–Crippen LogP) is 1.78. The Hall–Kier alpha value is -1.82. The molecule has 1 unspecified atom stereocenters. The zero-order valence-electron chi connectivity index (χ0n) is 11.0. The van der Waals surface area contributed by atoms with E-state index in [1.165, 1.54) is 7.11 Å². The van der Waals surface area contributed by atoms with E-state index in [1.54, 1.807) is 18.2 Å². The molecule has 6 nitrogen and oxygen atoms in total. The third-order valence-electron chi connectivity index (χ3n) is 3.57. The van der Waals surface area contributed by atoms with Gasteiger partial charge in [0.05, 0.1) is 12.0 Å². The van der Waals surface area contributed by atoms with Crippen molar-refractivity contribution in [1.29, 1.82) is 0 Å². The van der Waals surface area contributed by atoms with Crippen molar-refractivity contribution in [3.63, 3.8) is 0 Å². The van der Waals surface area contributed by atoms with E-state index >= 15 is 0 Å². The molecule has 0 saturated carbocycles. The SMILES string of the molecule is COc1cccc(N2CCCC(CN)C2)c1[N+](=O)[O-]. The highest BCUT2D eigenvalue weighted by Crippen LogP contribution is 2.38. The summed E-state index contributed by atoms with van der Waals surface area (Å²) in [5.41, 5.74) is 6.38. The summed E-state index contributed by atoms with van der Waals surface area (Å²) in [5.74, 6) is 0.705. The summed E-state index contributed by atoms with van der Waals surface area (Å²) in [6, 6.07) is 5.18. The van der Waals surface area contributed by atoms with Crippen molar-refractivity contribution < 1.29 is 9.66 Å². The number of nitrogens with two attached hydrogens (primary N) is 1. The molecular weight excluding hydrogens is 246 g/mol. The van der Waals surface area contributed by atoms with Gasteiger partial charge in [-0.3, -0.25) is 10.1 Å². The summed E-state index contributed by atoms with van der Waals surface area (Å²) in [6.45, 7) is 2.21. The first kappa shape index (κ1) is 13.6. The Labute approximate surface area is 112 Å². The third kappa shape index (κ3) is 2.78. The first-order valence-electron chi connectivity index (χ1n) is 6.43. The topological polar surface area (TPSA) is 81.6 Å². The van der Waals surface area contributed by atoms with Crippen molar-refractivity contribution in [2.24, 2.45) is 11.7 Å². The molecule has 0 spiro atoms. The minimum Gasteiger partial charge on any atom is -0.490 e. The van der Waals surface area contributed by atoms with Gasteiger partial charge in [-0.25, -0.2) is 0 Å². The van der Waals surface area contributed by atoms with Crippen LogP contribution >= 0.6 is 0 Å². The van der Waals surface area contributed by atoms with Gasteiger partial charge in [-0.1, -0.05) is 6.07 Å². The van der Waals surface area contributed by atoms with E-state index in [0.717, 1.165) is 25.9 Å². The number of nitro benzene ring substituents is 1. The van der Waals surface area contributed by atoms with Gasteiger partial charge < -0.3 is 15.4 Å². The van der Waals surface area contributed by atoms with Gasteiger partial charge in [-0.2, -0.15) is 0 Å². The van der Waals surface area contributed by atoms with Gasteiger partial charge >= 0.3 is 5.69 Å². The molecule has 0 aliphatic carbocycles. The molecule has 2 N–H and O–H groups in total. The number of methoxy groups -OCH3 is 1. The van der Waals surface area contributed by atoms with Crippen LogP contribution in [0.4, 0.5) is 11.4 Å². The monoisotopic (exact) mass is 265 g/mol. The van der Waals surface area contributed by atoms with Crippen molar-refractivity contribution in [2.75, 3.05) is 31.6 Å². The Bertz CT molecular complexity index is 464. The predicted molar refractivity (Wildman–Crippen MR) is 73.6 cm³/mol. The molecule has 104 valence electrons. The van der Waals surface area contributed by atoms with E-state index in [-0.39, 0.29) is 10.6 Å². The number of anilines is 1. The van der Waals surface area contributed by atoms with Crippen LogP contribution in [-0.4, -0.2) is 31.7 Å². The largest absolute Gasteiger partial charge is 0.490 e. The molecule has 0 amide bonds. The number of rotatable bonds is 4. The van der Waals surface area contributed by atoms with Crippen LogP contribution in [0.3, 0.4) is 0 Å². The van der Waals surface area contributed by atoms with E-state index in [9.17, 15) is 10.1 Å². The molecule has 1 fully saturated rings.